The standard InChI is InChI=1S/C18H20BrN3O2/c1-13-5-6-14(19)12-16(13)22-18(24)9-11-21-17(23)8-7-15-4-2-3-10-20-15/h2-6,10,12H,7-9,11H2,1H3,(H,21,23)(H,22,24). The van der Waals surface area contributed by atoms with Crippen LogP contribution < -0.4 is 10.6 Å². The van der Waals surface area contributed by atoms with Crippen molar-refractivity contribution >= 4 is 33.4 Å². The molecule has 2 amide bonds. The Kier molecular flexibility index (Phi) is 6.93. The Bertz CT molecular complexity index is 705. The van der Waals surface area contributed by atoms with Crippen LogP contribution in [0.2, 0.25) is 0 Å². The summed E-state index contributed by atoms with van der Waals surface area (Å²) in [6, 6.07) is 11.3. The van der Waals surface area contributed by atoms with Gasteiger partial charge < -0.3 is 10.6 Å². The van der Waals surface area contributed by atoms with Crippen LogP contribution in [0.15, 0.2) is 47.1 Å². The lowest BCUT2D eigenvalue weighted by atomic mass is 10.2. The van der Waals surface area contributed by atoms with Crippen LogP contribution in [0, 0.1) is 6.92 Å². The summed E-state index contributed by atoms with van der Waals surface area (Å²) in [7, 11) is 0. The van der Waals surface area contributed by atoms with Crippen LogP contribution in [0.3, 0.4) is 0 Å². The molecule has 0 unspecified atom stereocenters. The lowest BCUT2D eigenvalue weighted by Gasteiger charge is -2.09. The van der Waals surface area contributed by atoms with Gasteiger partial charge in [-0.3, -0.25) is 14.6 Å². The number of amides is 2. The molecule has 0 saturated carbocycles. The molecule has 1 heterocycles. The van der Waals surface area contributed by atoms with Crippen LogP contribution in [-0.2, 0) is 16.0 Å². The molecule has 6 heteroatoms. The number of aromatic nitrogens is 1. The third-order valence-corrected chi connectivity index (χ3v) is 3.98. The van der Waals surface area contributed by atoms with Gasteiger partial charge in [-0.1, -0.05) is 28.1 Å². The number of aryl methyl sites for hydroxylation is 2. The molecule has 2 aromatic rings. The zero-order valence-corrected chi connectivity index (χ0v) is 15.1. The van der Waals surface area contributed by atoms with E-state index in [9.17, 15) is 9.59 Å². The molecule has 2 N–H and O–H groups in total. The quantitative estimate of drug-likeness (QED) is 0.763. The molecule has 0 radical (unpaired) electrons. The molecule has 2 rings (SSSR count). The number of carbonyl (C=O) groups is 2. The molecule has 0 fully saturated rings. The highest BCUT2D eigenvalue weighted by Crippen LogP contribution is 2.20. The zero-order valence-electron chi connectivity index (χ0n) is 13.5. The minimum atomic E-state index is -0.124. The molecule has 5 nitrogen and oxygen atoms in total. The van der Waals surface area contributed by atoms with Crippen molar-refractivity contribution in [1.29, 1.82) is 0 Å². The number of hydrogen-bond donors (Lipinski definition) is 2. The third kappa shape index (κ3) is 6.12. The Balaban J connectivity index is 1.68. The molecule has 0 atom stereocenters. The molecule has 0 spiro atoms. The SMILES string of the molecule is Cc1ccc(Br)cc1NC(=O)CCNC(=O)CCc1ccccn1. The van der Waals surface area contributed by atoms with Crippen molar-refractivity contribution in [2.24, 2.45) is 0 Å². The average Bonchev–Trinajstić information content (AvgIpc) is 2.57. The molecule has 0 aliphatic rings. The Labute approximate surface area is 150 Å². The molecule has 0 aliphatic heterocycles. The van der Waals surface area contributed by atoms with E-state index >= 15 is 0 Å². The number of anilines is 1. The number of pyridine rings is 1. The fourth-order valence-corrected chi connectivity index (χ4v) is 2.49. The second kappa shape index (κ2) is 9.17. The van der Waals surface area contributed by atoms with Crippen molar-refractivity contribution in [3.8, 4) is 0 Å². The molecule has 0 bridgehead atoms. The maximum atomic E-state index is 11.9. The monoisotopic (exact) mass is 389 g/mol. The van der Waals surface area contributed by atoms with E-state index in [4.69, 9.17) is 0 Å². The first kappa shape index (κ1) is 18.1. The second-order valence-electron chi connectivity index (χ2n) is 5.43. The molecule has 1 aromatic heterocycles. The van der Waals surface area contributed by atoms with Gasteiger partial charge in [0.05, 0.1) is 0 Å². The van der Waals surface area contributed by atoms with E-state index in [1.807, 2.05) is 43.3 Å². The van der Waals surface area contributed by atoms with E-state index in [2.05, 4.69) is 31.5 Å². The van der Waals surface area contributed by atoms with Crippen LogP contribution in [0.4, 0.5) is 5.69 Å². The summed E-state index contributed by atoms with van der Waals surface area (Å²) in [6.07, 6.45) is 2.91. The Morgan fingerprint density at radius 2 is 1.96 bits per heavy atom. The molecule has 24 heavy (non-hydrogen) atoms. The predicted molar refractivity (Wildman–Crippen MR) is 97.7 cm³/mol. The van der Waals surface area contributed by atoms with Crippen molar-refractivity contribution < 1.29 is 9.59 Å². The van der Waals surface area contributed by atoms with Crippen molar-refractivity contribution in [1.82, 2.24) is 10.3 Å². The molecule has 1 aromatic carbocycles. The van der Waals surface area contributed by atoms with Crippen LogP contribution >= 0.6 is 15.9 Å². The number of halogens is 1. The van der Waals surface area contributed by atoms with Crippen LogP contribution in [0.1, 0.15) is 24.1 Å². The Morgan fingerprint density at radius 3 is 2.71 bits per heavy atom. The maximum absolute atomic E-state index is 11.9. The van der Waals surface area contributed by atoms with Crippen LogP contribution in [0.25, 0.3) is 0 Å². The lowest BCUT2D eigenvalue weighted by Crippen LogP contribution is -2.28. The van der Waals surface area contributed by atoms with E-state index < -0.39 is 0 Å². The van der Waals surface area contributed by atoms with Crippen molar-refractivity contribution in [3.05, 3.63) is 58.3 Å². The third-order valence-electron chi connectivity index (χ3n) is 3.48. The number of rotatable bonds is 7. The summed E-state index contributed by atoms with van der Waals surface area (Å²) >= 11 is 3.38. The summed E-state index contributed by atoms with van der Waals surface area (Å²) < 4.78 is 0.909. The van der Waals surface area contributed by atoms with Gasteiger partial charge in [0, 0.05) is 41.4 Å². The average molecular weight is 390 g/mol. The first-order chi connectivity index (χ1) is 11.5. The van der Waals surface area contributed by atoms with Gasteiger partial charge >= 0.3 is 0 Å². The predicted octanol–water partition coefficient (Wildman–Crippen LogP) is 3.23. The lowest BCUT2D eigenvalue weighted by molar-refractivity contribution is -0.121. The summed E-state index contributed by atoms with van der Waals surface area (Å²) in [4.78, 5) is 27.9. The first-order valence-electron chi connectivity index (χ1n) is 7.77. The Morgan fingerprint density at radius 1 is 1.12 bits per heavy atom. The van der Waals surface area contributed by atoms with Crippen molar-refractivity contribution in [3.63, 3.8) is 0 Å². The molecular formula is C18H20BrN3O2. The van der Waals surface area contributed by atoms with E-state index in [0.29, 0.717) is 19.4 Å². The smallest absolute Gasteiger partial charge is 0.226 e. The number of nitrogens with one attached hydrogen (secondary N) is 2. The van der Waals surface area contributed by atoms with Crippen molar-refractivity contribution in [2.75, 3.05) is 11.9 Å². The number of benzene rings is 1. The summed E-state index contributed by atoms with van der Waals surface area (Å²) in [6.45, 7) is 2.25. The van der Waals surface area contributed by atoms with Gasteiger partial charge in [-0.05, 0) is 43.2 Å². The minimum Gasteiger partial charge on any atom is -0.356 e. The second-order valence-corrected chi connectivity index (χ2v) is 6.34. The maximum Gasteiger partial charge on any atom is 0.226 e. The minimum absolute atomic E-state index is 0.0768. The van der Waals surface area contributed by atoms with Crippen molar-refractivity contribution in [2.45, 2.75) is 26.2 Å². The van der Waals surface area contributed by atoms with E-state index in [0.717, 1.165) is 21.4 Å². The first-order valence-corrected chi connectivity index (χ1v) is 8.56. The fourth-order valence-electron chi connectivity index (χ4n) is 2.13. The van der Waals surface area contributed by atoms with Gasteiger partial charge in [0.15, 0.2) is 0 Å². The van der Waals surface area contributed by atoms with Gasteiger partial charge in [-0.25, -0.2) is 0 Å². The van der Waals surface area contributed by atoms with Gasteiger partial charge in [0.1, 0.15) is 0 Å². The topological polar surface area (TPSA) is 71.1 Å². The highest BCUT2D eigenvalue weighted by Gasteiger charge is 2.07. The van der Waals surface area contributed by atoms with Gasteiger partial charge in [-0.15, -0.1) is 0 Å². The highest BCUT2D eigenvalue weighted by molar-refractivity contribution is 9.10. The summed E-state index contributed by atoms with van der Waals surface area (Å²) in [5.41, 5.74) is 2.65. The van der Waals surface area contributed by atoms with Gasteiger partial charge in [-0.2, -0.15) is 0 Å². The molecule has 0 saturated heterocycles. The molecule has 126 valence electrons. The fraction of sp³-hybridized carbons (Fsp3) is 0.278. The number of carbonyl (C=O) groups excluding carboxylic acids is 2. The van der Waals surface area contributed by atoms with E-state index in [-0.39, 0.29) is 18.2 Å². The largest absolute Gasteiger partial charge is 0.356 e. The normalized spacial score (nSPS) is 10.2. The summed E-state index contributed by atoms with van der Waals surface area (Å²) in [5, 5.41) is 5.61. The highest BCUT2D eigenvalue weighted by atomic mass is 79.9. The zero-order chi connectivity index (χ0) is 17.4. The van der Waals surface area contributed by atoms with Gasteiger partial charge in [0.25, 0.3) is 0 Å². The van der Waals surface area contributed by atoms with E-state index in [1.54, 1.807) is 6.20 Å². The van der Waals surface area contributed by atoms with Gasteiger partial charge in [0.2, 0.25) is 11.8 Å². The van der Waals surface area contributed by atoms with Crippen LogP contribution in [-0.4, -0.2) is 23.3 Å². The number of hydrogen-bond acceptors (Lipinski definition) is 3. The van der Waals surface area contributed by atoms with E-state index in [1.165, 1.54) is 0 Å². The van der Waals surface area contributed by atoms with Crippen LogP contribution in [0.5, 0.6) is 0 Å². The molecule has 0 aliphatic carbocycles. The Hall–Kier alpha value is -2.21. The molecular weight excluding hydrogens is 370 g/mol. The number of nitrogens with zero attached hydrogens (tertiary/aromatic N) is 1. The summed E-state index contributed by atoms with van der Waals surface area (Å²) in [5.74, 6) is -0.201.